The summed E-state index contributed by atoms with van der Waals surface area (Å²) in [6.07, 6.45) is 14.3. The smallest absolute Gasteiger partial charge is 0.0724 e. The van der Waals surface area contributed by atoms with Crippen LogP contribution in [0.2, 0.25) is 0 Å². The molecule has 2 unspecified atom stereocenters. The molecule has 0 bridgehead atoms. The van der Waals surface area contributed by atoms with Crippen molar-refractivity contribution >= 4 is 0 Å². The SMILES string of the molecule is COC1CCCC1NC1CCCCCCC1. The van der Waals surface area contributed by atoms with Crippen LogP contribution in [-0.2, 0) is 4.74 Å². The maximum absolute atomic E-state index is 5.56. The second-order valence-corrected chi connectivity index (χ2v) is 5.52. The molecule has 0 spiro atoms. The Balaban J connectivity index is 1.77. The van der Waals surface area contributed by atoms with Gasteiger partial charge < -0.3 is 10.1 Å². The average Bonchev–Trinajstić information content (AvgIpc) is 2.69. The van der Waals surface area contributed by atoms with Crippen molar-refractivity contribution in [1.29, 1.82) is 0 Å². The molecule has 0 aromatic rings. The zero-order valence-electron chi connectivity index (χ0n) is 10.7. The Kier molecular flexibility index (Phi) is 5.11. The maximum Gasteiger partial charge on any atom is 0.0724 e. The van der Waals surface area contributed by atoms with E-state index in [0.29, 0.717) is 12.1 Å². The Morgan fingerprint density at radius 2 is 1.50 bits per heavy atom. The first kappa shape index (κ1) is 12.4. The molecule has 2 atom stereocenters. The Labute approximate surface area is 100 Å². The van der Waals surface area contributed by atoms with Gasteiger partial charge in [0.2, 0.25) is 0 Å². The first-order chi connectivity index (χ1) is 7.90. The average molecular weight is 225 g/mol. The zero-order valence-corrected chi connectivity index (χ0v) is 10.7. The molecule has 0 saturated heterocycles. The molecule has 2 saturated carbocycles. The summed E-state index contributed by atoms with van der Waals surface area (Å²) in [6, 6.07) is 1.40. The molecule has 2 aliphatic rings. The van der Waals surface area contributed by atoms with E-state index < -0.39 is 0 Å². The lowest BCUT2D eigenvalue weighted by atomic mass is 9.96. The third-order valence-corrected chi connectivity index (χ3v) is 4.31. The summed E-state index contributed by atoms with van der Waals surface area (Å²) in [5, 5.41) is 3.86. The molecule has 0 aromatic heterocycles. The number of hydrogen-bond acceptors (Lipinski definition) is 2. The summed E-state index contributed by atoms with van der Waals surface area (Å²) in [5.74, 6) is 0. The van der Waals surface area contributed by atoms with E-state index in [9.17, 15) is 0 Å². The van der Waals surface area contributed by atoms with Gasteiger partial charge in [0, 0.05) is 19.2 Å². The highest BCUT2D eigenvalue weighted by atomic mass is 16.5. The van der Waals surface area contributed by atoms with Gasteiger partial charge in [-0.15, -0.1) is 0 Å². The summed E-state index contributed by atoms with van der Waals surface area (Å²) in [6.45, 7) is 0. The minimum Gasteiger partial charge on any atom is -0.380 e. The van der Waals surface area contributed by atoms with Crippen LogP contribution in [0.3, 0.4) is 0 Å². The normalized spacial score (nSPS) is 33.6. The monoisotopic (exact) mass is 225 g/mol. The van der Waals surface area contributed by atoms with Crippen molar-refractivity contribution in [3.05, 3.63) is 0 Å². The van der Waals surface area contributed by atoms with Crippen molar-refractivity contribution in [2.75, 3.05) is 7.11 Å². The molecule has 1 N–H and O–H groups in total. The van der Waals surface area contributed by atoms with E-state index in [4.69, 9.17) is 4.74 Å². The minimum absolute atomic E-state index is 0.477. The van der Waals surface area contributed by atoms with Crippen LogP contribution in [0.4, 0.5) is 0 Å². The Morgan fingerprint density at radius 1 is 0.812 bits per heavy atom. The molecule has 0 aromatic carbocycles. The molecule has 2 fully saturated rings. The lowest BCUT2D eigenvalue weighted by Crippen LogP contribution is -2.43. The molecule has 0 heterocycles. The van der Waals surface area contributed by atoms with Crippen LogP contribution in [0.25, 0.3) is 0 Å². The first-order valence-corrected chi connectivity index (χ1v) is 7.19. The number of methoxy groups -OCH3 is 1. The fourth-order valence-corrected chi connectivity index (χ4v) is 3.32. The summed E-state index contributed by atoms with van der Waals surface area (Å²) in [7, 11) is 1.86. The standard InChI is InChI=1S/C14H27NO/c1-16-14-11-7-10-13(14)15-12-8-5-3-2-4-6-9-12/h12-15H,2-11H2,1H3. The third-order valence-electron chi connectivity index (χ3n) is 4.31. The van der Waals surface area contributed by atoms with Crippen molar-refractivity contribution < 1.29 is 4.74 Å². The summed E-state index contributed by atoms with van der Waals surface area (Å²) >= 11 is 0. The highest BCUT2D eigenvalue weighted by molar-refractivity contribution is 4.86. The van der Waals surface area contributed by atoms with Gasteiger partial charge in [-0.25, -0.2) is 0 Å². The lowest BCUT2D eigenvalue weighted by molar-refractivity contribution is 0.0797. The maximum atomic E-state index is 5.56. The van der Waals surface area contributed by atoms with Crippen molar-refractivity contribution in [3.63, 3.8) is 0 Å². The zero-order chi connectivity index (χ0) is 11.2. The first-order valence-electron chi connectivity index (χ1n) is 7.19. The molecule has 2 rings (SSSR count). The van der Waals surface area contributed by atoms with Gasteiger partial charge in [-0.3, -0.25) is 0 Å². The van der Waals surface area contributed by atoms with Crippen molar-refractivity contribution in [1.82, 2.24) is 5.32 Å². The van der Waals surface area contributed by atoms with E-state index in [1.54, 1.807) is 0 Å². The van der Waals surface area contributed by atoms with Crippen LogP contribution < -0.4 is 5.32 Å². The van der Waals surface area contributed by atoms with Gasteiger partial charge in [0.1, 0.15) is 0 Å². The van der Waals surface area contributed by atoms with Crippen molar-refractivity contribution in [3.8, 4) is 0 Å². The third kappa shape index (κ3) is 3.46. The van der Waals surface area contributed by atoms with E-state index in [0.717, 1.165) is 6.04 Å². The lowest BCUT2D eigenvalue weighted by Gasteiger charge is -2.27. The molecule has 16 heavy (non-hydrogen) atoms. The highest BCUT2D eigenvalue weighted by Crippen LogP contribution is 2.24. The topological polar surface area (TPSA) is 21.3 Å². The molecule has 2 nitrogen and oxygen atoms in total. The molecule has 0 aliphatic heterocycles. The predicted molar refractivity (Wildman–Crippen MR) is 67.7 cm³/mol. The molecular weight excluding hydrogens is 198 g/mol. The Bertz CT molecular complexity index is 187. The molecule has 2 heteroatoms. The number of nitrogens with one attached hydrogen (secondary N) is 1. The highest BCUT2D eigenvalue weighted by Gasteiger charge is 2.28. The van der Waals surface area contributed by atoms with Crippen LogP contribution >= 0.6 is 0 Å². The number of ether oxygens (including phenoxy) is 1. The van der Waals surface area contributed by atoms with Crippen LogP contribution in [0.5, 0.6) is 0 Å². The van der Waals surface area contributed by atoms with E-state index in [2.05, 4.69) is 5.32 Å². The molecule has 94 valence electrons. The predicted octanol–water partition coefficient (Wildman–Crippen LogP) is 3.26. The van der Waals surface area contributed by atoms with Gasteiger partial charge in [-0.2, -0.15) is 0 Å². The summed E-state index contributed by atoms with van der Waals surface area (Å²) in [5.41, 5.74) is 0. The summed E-state index contributed by atoms with van der Waals surface area (Å²) in [4.78, 5) is 0. The van der Waals surface area contributed by atoms with Crippen LogP contribution in [-0.4, -0.2) is 25.3 Å². The second kappa shape index (κ2) is 6.61. The fourth-order valence-electron chi connectivity index (χ4n) is 3.32. The number of hydrogen-bond donors (Lipinski definition) is 1. The van der Waals surface area contributed by atoms with Crippen LogP contribution in [0.15, 0.2) is 0 Å². The van der Waals surface area contributed by atoms with E-state index >= 15 is 0 Å². The van der Waals surface area contributed by atoms with Crippen LogP contribution in [0, 0.1) is 0 Å². The summed E-state index contributed by atoms with van der Waals surface area (Å²) < 4.78 is 5.56. The molecular formula is C14H27NO. The fraction of sp³-hybridized carbons (Fsp3) is 1.00. The van der Waals surface area contributed by atoms with E-state index in [1.807, 2.05) is 7.11 Å². The quantitative estimate of drug-likeness (QED) is 0.796. The van der Waals surface area contributed by atoms with Gasteiger partial charge in [0.05, 0.1) is 6.10 Å². The molecule has 0 radical (unpaired) electrons. The van der Waals surface area contributed by atoms with Gasteiger partial charge in [-0.05, 0) is 32.1 Å². The van der Waals surface area contributed by atoms with Gasteiger partial charge in [0.15, 0.2) is 0 Å². The Hall–Kier alpha value is -0.0800. The van der Waals surface area contributed by atoms with Gasteiger partial charge in [0.25, 0.3) is 0 Å². The Morgan fingerprint density at radius 3 is 2.19 bits per heavy atom. The van der Waals surface area contributed by atoms with Crippen LogP contribution in [0.1, 0.15) is 64.2 Å². The number of rotatable bonds is 3. The second-order valence-electron chi connectivity index (χ2n) is 5.52. The largest absolute Gasteiger partial charge is 0.380 e. The van der Waals surface area contributed by atoms with Gasteiger partial charge >= 0.3 is 0 Å². The van der Waals surface area contributed by atoms with E-state index in [-0.39, 0.29) is 0 Å². The molecule has 2 aliphatic carbocycles. The van der Waals surface area contributed by atoms with Gasteiger partial charge in [-0.1, -0.05) is 32.1 Å². The minimum atomic E-state index is 0.477. The van der Waals surface area contributed by atoms with Crippen molar-refractivity contribution in [2.45, 2.75) is 82.4 Å². The van der Waals surface area contributed by atoms with E-state index in [1.165, 1.54) is 64.2 Å². The van der Waals surface area contributed by atoms with Crippen molar-refractivity contribution in [2.24, 2.45) is 0 Å². The molecule has 0 amide bonds.